The van der Waals surface area contributed by atoms with Crippen molar-refractivity contribution < 1.29 is 4.39 Å². The number of hydrogen-bond acceptors (Lipinski definition) is 4. The van der Waals surface area contributed by atoms with E-state index in [9.17, 15) is 4.39 Å². The van der Waals surface area contributed by atoms with Crippen molar-refractivity contribution in [2.45, 2.75) is 0 Å². The molecular weight excluding hydrogens is 281 g/mol. The Morgan fingerprint density at radius 3 is 2.77 bits per heavy atom. The number of hydrogen-bond donors (Lipinski definition) is 1. The Kier molecular flexibility index (Phi) is 2.75. The first kappa shape index (κ1) is 12.7. The number of rotatable bonds is 2. The van der Waals surface area contributed by atoms with Gasteiger partial charge in [-0.3, -0.25) is 4.98 Å². The second-order valence-electron chi connectivity index (χ2n) is 5.01. The van der Waals surface area contributed by atoms with Crippen molar-refractivity contribution in [3.8, 4) is 0 Å². The molecule has 0 spiro atoms. The lowest BCUT2D eigenvalue weighted by Crippen LogP contribution is -1.96. The predicted molar refractivity (Wildman–Crippen MR) is 83.5 cm³/mol. The minimum atomic E-state index is -0.504. The van der Waals surface area contributed by atoms with Crippen LogP contribution in [0.15, 0.2) is 48.9 Å². The smallest absolute Gasteiger partial charge is 0.212 e. The highest BCUT2D eigenvalue weighted by molar-refractivity contribution is 6.06. The van der Waals surface area contributed by atoms with E-state index in [4.69, 9.17) is 0 Å². The zero-order valence-electron chi connectivity index (χ0n) is 11.8. The van der Waals surface area contributed by atoms with E-state index in [1.54, 1.807) is 12.3 Å². The molecule has 6 heteroatoms. The van der Waals surface area contributed by atoms with Crippen LogP contribution >= 0.6 is 0 Å². The van der Waals surface area contributed by atoms with Crippen LogP contribution in [0, 0.1) is 5.95 Å². The van der Waals surface area contributed by atoms with Crippen LogP contribution in [0.2, 0.25) is 0 Å². The molecule has 108 valence electrons. The SMILES string of the molecule is Cn1c2ccncc2c2ccc(Nc3ccc(F)nc3)nc21. The van der Waals surface area contributed by atoms with Crippen molar-refractivity contribution in [2.75, 3.05) is 5.32 Å². The molecule has 0 amide bonds. The molecule has 22 heavy (non-hydrogen) atoms. The molecule has 0 radical (unpaired) electrons. The predicted octanol–water partition coefficient (Wildman–Crippen LogP) is 3.40. The third kappa shape index (κ3) is 1.96. The number of nitrogens with one attached hydrogen (secondary N) is 1. The molecule has 0 fully saturated rings. The average molecular weight is 293 g/mol. The van der Waals surface area contributed by atoms with Crippen LogP contribution < -0.4 is 5.32 Å². The number of anilines is 2. The van der Waals surface area contributed by atoms with E-state index in [-0.39, 0.29) is 0 Å². The fourth-order valence-electron chi connectivity index (χ4n) is 2.58. The van der Waals surface area contributed by atoms with E-state index < -0.39 is 5.95 Å². The van der Waals surface area contributed by atoms with Crippen LogP contribution in [-0.2, 0) is 7.05 Å². The van der Waals surface area contributed by atoms with E-state index in [0.717, 1.165) is 21.9 Å². The van der Waals surface area contributed by atoms with Crippen molar-refractivity contribution in [1.82, 2.24) is 19.5 Å². The Morgan fingerprint density at radius 1 is 1.05 bits per heavy atom. The number of halogens is 1. The molecule has 5 nitrogen and oxygen atoms in total. The molecule has 4 heterocycles. The summed E-state index contributed by atoms with van der Waals surface area (Å²) in [6, 6.07) is 8.79. The van der Waals surface area contributed by atoms with Gasteiger partial charge in [-0.05, 0) is 30.3 Å². The van der Waals surface area contributed by atoms with Gasteiger partial charge in [-0.2, -0.15) is 4.39 Å². The summed E-state index contributed by atoms with van der Waals surface area (Å²) in [5, 5.41) is 5.25. The third-order valence-corrected chi connectivity index (χ3v) is 3.64. The number of fused-ring (bicyclic) bond motifs is 3. The van der Waals surface area contributed by atoms with Gasteiger partial charge in [0.2, 0.25) is 5.95 Å². The topological polar surface area (TPSA) is 55.6 Å². The lowest BCUT2D eigenvalue weighted by atomic mass is 10.2. The summed E-state index contributed by atoms with van der Waals surface area (Å²) in [7, 11) is 1.97. The van der Waals surface area contributed by atoms with Crippen molar-refractivity contribution in [1.29, 1.82) is 0 Å². The zero-order valence-corrected chi connectivity index (χ0v) is 11.8. The molecule has 0 unspecified atom stereocenters. The van der Waals surface area contributed by atoms with Gasteiger partial charge in [0, 0.05) is 30.2 Å². The third-order valence-electron chi connectivity index (χ3n) is 3.64. The van der Waals surface area contributed by atoms with Gasteiger partial charge < -0.3 is 9.88 Å². The quantitative estimate of drug-likeness (QED) is 0.575. The summed E-state index contributed by atoms with van der Waals surface area (Å²) in [6.45, 7) is 0. The van der Waals surface area contributed by atoms with Gasteiger partial charge in [0.15, 0.2) is 0 Å². The van der Waals surface area contributed by atoms with Crippen LogP contribution in [-0.4, -0.2) is 19.5 Å². The molecule has 0 aromatic carbocycles. The highest BCUT2D eigenvalue weighted by Crippen LogP contribution is 2.27. The highest BCUT2D eigenvalue weighted by atomic mass is 19.1. The molecule has 0 saturated heterocycles. The standard InChI is InChI=1S/C16H12FN5/c1-22-13-6-7-18-9-12(13)11-3-5-15(21-16(11)22)20-10-2-4-14(17)19-8-10/h2-9H,1H3,(H,20,21). The molecule has 0 aliphatic heterocycles. The van der Waals surface area contributed by atoms with Gasteiger partial charge in [-0.25, -0.2) is 9.97 Å². The van der Waals surface area contributed by atoms with E-state index in [0.29, 0.717) is 11.5 Å². The number of nitrogens with zero attached hydrogens (tertiary/aromatic N) is 4. The summed E-state index contributed by atoms with van der Waals surface area (Å²) >= 11 is 0. The van der Waals surface area contributed by atoms with Crippen LogP contribution in [0.1, 0.15) is 0 Å². The van der Waals surface area contributed by atoms with E-state index in [2.05, 4.69) is 20.3 Å². The Morgan fingerprint density at radius 2 is 1.95 bits per heavy atom. The number of aryl methyl sites for hydroxylation is 1. The Balaban J connectivity index is 1.82. The average Bonchev–Trinajstić information content (AvgIpc) is 2.83. The highest BCUT2D eigenvalue weighted by Gasteiger charge is 2.10. The molecule has 4 aromatic heterocycles. The first-order chi connectivity index (χ1) is 10.7. The molecular formula is C16H12FN5. The van der Waals surface area contributed by atoms with Crippen LogP contribution in [0.5, 0.6) is 0 Å². The monoisotopic (exact) mass is 293 g/mol. The molecule has 0 saturated carbocycles. The largest absolute Gasteiger partial charge is 0.339 e. The minimum absolute atomic E-state index is 0.504. The zero-order chi connectivity index (χ0) is 15.1. The summed E-state index contributed by atoms with van der Waals surface area (Å²) < 4.78 is 14.9. The molecule has 1 N–H and O–H groups in total. The summed E-state index contributed by atoms with van der Waals surface area (Å²) in [5.41, 5.74) is 2.63. The van der Waals surface area contributed by atoms with Crippen molar-refractivity contribution in [3.63, 3.8) is 0 Å². The van der Waals surface area contributed by atoms with Gasteiger partial charge >= 0.3 is 0 Å². The maximum atomic E-state index is 12.8. The lowest BCUT2D eigenvalue weighted by Gasteiger charge is -2.05. The number of aromatic nitrogens is 4. The van der Waals surface area contributed by atoms with E-state index in [1.165, 1.54) is 12.3 Å². The van der Waals surface area contributed by atoms with Crippen LogP contribution in [0.3, 0.4) is 0 Å². The second kappa shape index (κ2) is 4.77. The van der Waals surface area contributed by atoms with Gasteiger partial charge in [0.05, 0.1) is 17.4 Å². The summed E-state index contributed by atoms with van der Waals surface area (Å²) in [4.78, 5) is 12.4. The summed E-state index contributed by atoms with van der Waals surface area (Å²) in [6.07, 6.45) is 5.05. The van der Waals surface area contributed by atoms with Crippen molar-refractivity contribution in [2.24, 2.45) is 7.05 Å². The van der Waals surface area contributed by atoms with Gasteiger partial charge in [0.1, 0.15) is 11.5 Å². The van der Waals surface area contributed by atoms with Gasteiger partial charge in [0.25, 0.3) is 0 Å². The molecule has 0 atom stereocenters. The van der Waals surface area contributed by atoms with E-state index >= 15 is 0 Å². The first-order valence-corrected chi connectivity index (χ1v) is 6.80. The Labute approximate surface area is 125 Å². The number of pyridine rings is 3. The fourth-order valence-corrected chi connectivity index (χ4v) is 2.58. The maximum Gasteiger partial charge on any atom is 0.212 e. The van der Waals surface area contributed by atoms with Crippen LogP contribution in [0.25, 0.3) is 21.9 Å². The molecule has 0 aliphatic carbocycles. The summed E-state index contributed by atoms with van der Waals surface area (Å²) in [5.74, 6) is 0.176. The van der Waals surface area contributed by atoms with Gasteiger partial charge in [-0.15, -0.1) is 0 Å². The molecule has 0 bridgehead atoms. The molecule has 4 aromatic rings. The lowest BCUT2D eigenvalue weighted by molar-refractivity contribution is 0.584. The fraction of sp³-hybridized carbons (Fsp3) is 0.0625. The second-order valence-corrected chi connectivity index (χ2v) is 5.01. The van der Waals surface area contributed by atoms with Gasteiger partial charge in [-0.1, -0.05) is 0 Å². The first-order valence-electron chi connectivity index (χ1n) is 6.80. The maximum absolute atomic E-state index is 12.8. The molecule has 0 aliphatic rings. The minimum Gasteiger partial charge on any atom is -0.339 e. The Bertz CT molecular complexity index is 975. The Hall–Kier alpha value is -3.02. The van der Waals surface area contributed by atoms with Crippen molar-refractivity contribution in [3.05, 3.63) is 54.9 Å². The molecule has 4 rings (SSSR count). The van der Waals surface area contributed by atoms with E-state index in [1.807, 2.05) is 36.0 Å². The van der Waals surface area contributed by atoms with Crippen LogP contribution in [0.4, 0.5) is 15.9 Å². The normalized spacial score (nSPS) is 11.2. The van der Waals surface area contributed by atoms with Crippen molar-refractivity contribution >= 4 is 33.4 Å².